The molecule has 2 unspecified atom stereocenters. The highest BCUT2D eigenvalue weighted by Crippen LogP contribution is 2.25. The average molecular weight is 296 g/mol. The van der Waals surface area contributed by atoms with Crippen molar-refractivity contribution in [3.8, 4) is 0 Å². The number of hydrogen-bond donors (Lipinski definition) is 1. The molecule has 2 rings (SSSR count). The maximum atomic E-state index is 11.7. The van der Waals surface area contributed by atoms with E-state index in [0.717, 1.165) is 35.9 Å². The molecule has 1 aromatic heterocycles. The summed E-state index contributed by atoms with van der Waals surface area (Å²) in [6.07, 6.45) is 5.76. The zero-order chi connectivity index (χ0) is 14.4. The number of nitrogens with one attached hydrogen (secondary N) is 1. The van der Waals surface area contributed by atoms with Crippen LogP contribution in [0.4, 0.5) is 0 Å². The molecule has 1 N–H and O–H groups in total. The van der Waals surface area contributed by atoms with Gasteiger partial charge in [0.25, 0.3) is 0 Å². The van der Waals surface area contributed by atoms with Gasteiger partial charge in [-0.25, -0.2) is 4.98 Å². The van der Waals surface area contributed by atoms with E-state index in [1.807, 2.05) is 12.3 Å². The number of hydrogen-bond acceptors (Lipinski definition) is 4. The lowest BCUT2D eigenvalue weighted by molar-refractivity contribution is -0.128. The molecule has 112 valence electrons. The van der Waals surface area contributed by atoms with E-state index in [1.54, 1.807) is 11.3 Å². The molecule has 2 atom stereocenters. The number of nitrogens with zero attached hydrogens (tertiary/aromatic N) is 1. The van der Waals surface area contributed by atoms with Gasteiger partial charge >= 0.3 is 0 Å². The van der Waals surface area contributed by atoms with Gasteiger partial charge in [-0.2, -0.15) is 0 Å². The van der Waals surface area contributed by atoms with Crippen molar-refractivity contribution in [1.82, 2.24) is 10.3 Å². The van der Waals surface area contributed by atoms with E-state index in [4.69, 9.17) is 4.74 Å². The van der Waals surface area contributed by atoms with Crippen LogP contribution in [0, 0.1) is 12.8 Å². The van der Waals surface area contributed by atoms with Crippen molar-refractivity contribution in [3.63, 3.8) is 0 Å². The quantitative estimate of drug-likeness (QED) is 0.878. The SMILES string of the molecule is Cc1csc(CCNC(=O)COC2CCCC(C)C2)n1. The Labute approximate surface area is 124 Å². The first-order valence-corrected chi connectivity index (χ1v) is 8.30. The minimum atomic E-state index is -0.0171. The topological polar surface area (TPSA) is 51.2 Å². The maximum Gasteiger partial charge on any atom is 0.246 e. The summed E-state index contributed by atoms with van der Waals surface area (Å²) in [4.78, 5) is 16.1. The predicted molar refractivity (Wildman–Crippen MR) is 80.9 cm³/mol. The molecule has 0 aliphatic heterocycles. The first-order chi connectivity index (χ1) is 9.63. The van der Waals surface area contributed by atoms with Crippen LogP contribution in [0.2, 0.25) is 0 Å². The van der Waals surface area contributed by atoms with Gasteiger partial charge in [0, 0.05) is 24.0 Å². The Kier molecular flexibility index (Phi) is 5.98. The molecular weight excluding hydrogens is 272 g/mol. The molecule has 5 heteroatoms. The smallest absolute Gasteiger partial charge is 0.246 e. The van der Waals surface area contributed by atoms with Gasteiger partial charge in [-0.3, -0.25) is 4.79 Å². The molecule has 0 spiro atoms. The van der Waals surface area contributed by atoms with Gasteiger partial charge in [0.15, 0.2) is 0 Å². The molecule has 1 aliphatic carbocycles. The number of carbonyl (C=O) groups is 1. The Balaban J connectivity index is 1.58. The van der Waals surface area contributed by atoms with Gasteiger partial charge < -0.3 is 10.1 Å². The maximum absolute atomic E-state index is 11.7. The summed E-state index contributed by atoms with van der Waals surface area (Å²) in [5.74, 6) is 0.710. The summed E-state index contributed by atoms with van der Waals surface area (Å²) < 4.78 is 5.70. The second-order valence-electron chi connectivity index (χ2n) is 5.69. The van der Waals surface area contributed by atoms with E-state index in [1.165, 1.54) is 12.8 Å². The predicted octanol–water partition coefficient (Wildman–Crippen LogP) is 2.71. The van der Waals surface area contributed by atoms with E-state index in [2.05, 4.69) is 17.2 Å². The Morgan fingerprint density at radius 1 is 1.55 bits per heavy atom. The molecule has 0 bridgehead atoms. The Morgan fingerprint density at radius 2 is 2.40 bits per heavy atom. The standard InChI is InChI=1S/C15H24N2O2S/c1-11-4-3-5-13(8-11)19-9-14(18)16-7-6-15-17-12(2)10-20-15/h10-11,13H,3-9H2,1-2H3,(H,16,18). The zero-order valence-corrected chi connectivity index (χ0v) is 13.2. The number of ether oxygens (including phenoxy) is 1. The molecule has 0 aromatic carbocycles. The molecule has 0 saturated heterocycles. The fraction of sp³-hybridized carbons (Fsp3) is 0.733. The molecular formula is C15H24N2O2S. The zero-order valence-electron chi connectivity index (χ0n) is 12.4. The second-order valence-corrected chi connectivity index (χ2v) is 6.63. The summed E-state index contributed by atoms with van der Waals surface area (Å²) in [5.41, 5.74) is 1.05. The summed E-state index contributed by atoms with van der Waals surface area (Å²) in [7, 11) is 0. The van der Waals surface area contributed by atoms with E-state index in [-0.39, 0.29) is 18.6 Å². The molecule has 20 heavy (non-hydrogen) atoms. The second kappa shape index (κ2) is 7.74. The molecule has 1 heterocycles. The van der Waals surface area contributed by atoms with E-state index in [9.17, 15) is 4.79 Å². The Hall–Kier alpha value is -0.940. The van der Waals surface area contributed by atoms with Gasteiger partial charge in [-0.15, -0.1) is 11.3 Å². The fourth-order valence-electron chi connectivity index (χ4n) is 2.60. The summed E-state index contributed by atoms with van der Waals surface area (Å²) in [6.45, 7) is 5.06. The lowest BCUT2D eigenvalue weighted by Crippen LogP contribution is -2.32. The van der Waals surface area contributed by atoms with Crippen molar-refractivity contribution in [3.05, 3.63) is 16.1 Å². The molecule has 1 aromatic rings. The number of aryl methyl sites for hydroxylation is 1. The van der Waals surface area contributed by atoms with Crippen molar-refractivity contribution in [2.45, 2.75) is 52.1 Å². The normalized spacial score (nSPS) is 22.7. The van der Waals surface area contributed by atoms with Gasteiger partial charge in [-0.1, -0.05) is 19.8 Å². The minimum absolute atomic E-state index is 0.0171. The Bertz CT molecular complexity index is 433. The van der Waals surface area contributed by atoms with Crippen LogP contribution < -0.4 is 5.32 Å². The first-order valence-electron chi connectivity index (χ1n) is 7.43. The summed E-state index contributed by atoms with van der Waals surface area (Å²) in [5, 5.41) is 6.00. The van der Waals surface area contributed by atoms with Crippen LogP contribution in [0.15, 0.2) is 5.38 Å². The van der Waals surface area contributed by atoms with Crippen LogP contribution in [0.3, 0.4) is 0 Å². The lowest BCUT2D eigenvalue weighted by Gasteiger charge is -2.26. The van der Waals surface area contributed by atoms with Gasteiger partial charge in [0.05, 0.1) is 11.1 Å². The van der Waals surface area contributed by atoms with Crippen LogP contribution >= 0.6 is 11.3 Å². The van der Waals surface area contributed by atoms with Crippen molar-refractivity contribution < 1.29 is 9.53 Å². The fourth-order valence-corrected chi connectivity index (χ4v) is 3.38. The molecule has 4 nitrogen and oxygen atoms in total. The summed E-state index contributed by atoms with van der Waals surface area (Å²) >= 11 is 1.64. The lowest BCUT2D eigenvalue weighted by atomic mass is 9.89. The van der Waals surface area contributed by atoms with Crippen LogP contribution in [0.5, 0.6) is 0 Å². The highest BCUT2D eigenvalue weighted by Gasteiger charge is 2.19. The number of thiazole rings is 1. The van der Waals surface area contributed by atoms with E-state index < -0.39 is 0 Å². The van der Waals surface area contributed by atoms with Gasteiger partial charge in [0.2, 0.25) is 5.91 Å². The van der Waals surface area contributed by atoms with Crippen LogP contribution in [-0.4, -0.2) is 30.1 Å². The molecule has 1 aliphatic rings. The van der Waals surface area contributed by atoms with Crippen LogP contribution in [0.25, 0.3) is 0 Å². The van der Waals surface area contributed by atoms with Crippen molar-refractivity contribution >= 4 is 17.2 Å². The average Bonchev–Trinajstić information content (AvgIpc) is 2.82. The number of rotatable bonds is 6. The van der Waals surface area contributed by atoms with Crippen LogP contribution in [-0.2, 0) is 16.0 Å². The first kappa shape index (κ1) is 15.4. The van der Waals surface area contributed by atoms with Gasteiger partial charge in [-0.05, 0) is 25.7 Å². The minimum Gasteiger partial charge on any atom is -0.368 e. The van der Waals surface area contributed by atoms with Crippen molar-refractivity contribution in [1.29, 1.82) is 0 Å². The number of aromatic nitrogens is 1. The summed E-state index contributed by atoms with van der Waals surface area (Å²) in [6, 6.07) is 0. The third kappa shape index (κ3) is 5.21. The van der Waals surface area contributed by atoms with E-state index >= 15 is 0 Å². The third-order valence-electron chi connectivity index (χ3n) is 3.67. The number of amides is 1. The molecule has 1 fully saturated rings. The number of carbonyl (C=O) groups excluding carboxylic acids is 1. The molecule has 0 radical (unpaired) electrons. The van der Waals surface area contributed by atoms with E-state index in [0.29, 0.717) is 6.54 Å². The third-order valence-corrected chi connectivity index (χ3v) is 4.69. The Morgan fingerprint density at radius 3 is 3.10 bits per heavy atom. The highest BCUT2D eigenvalue weighted by atomic mass is 32.1. The molecule has 1 amide bonds. The largest absolute Gasteiger partial charge is 0.368 e. The molecule has 1 saturated carbocycles. The monoisotopic (exact) mass is 296 g/mol. The highest BCUT2D eigenvalue weighted by molar-refractivity contribution is 7.09. The van der Waals surface area contributed by atoms with Crippen molar-refractivity contribution in [2.75, 3.05) is 13.2 Å². The van der Waals surface area contributed by atoms with Crippen molar-refractivity contribution in [2.24, 2.45) is 5.92 Å². The van der Waals surface area contributed by atoms with Crippen LogP contribution in [0.1, 0.15) is 43.3 Å². The van der Waals surface area contributed by atoms with Gasteiger partial charge in [0.1, 0.15) is 6.61 Å².